The molecule has 0 amide bonds. The van der Waals surface area contributed by atoms with Crippen LogP contribution >= 0.6 is 0 Å². The van der Waals surface area contributed by atoms with Crippen LogP contribution in [0.4, 0.5) is 0 Å². The third-order valence-corrected chi connectivity index (χ3v) is 6.49. The minimum atomic E-state index is 0.752. The van der Waals surface area contributed by atoms with Gasteiger partial charge in [-0.25, -0.2) is 0 Å². The van der Waals surface area contributed by atoms with Crippen LogP contribution in [-0.2, 0) is 0 Å². The fraction of sp³-hybridized carbons (Fsp3) is 1.00. The minimum absolute atomic E-state index is 0.752. The smallest absolute Gasteiger partial charge is 0.00684 e. The number of rotatable bonds is 4. The van der Waals surface area contributed by atoms with Gasteiger partial charge < -0.3 is 5.32 Å². The lowest BCUT2D eigenvalue weighted by Gasteiger charge is -2.43. The molecule has 0 aliphatic heterocycles. The highest BCUT2D eigenvalue weighted by atomic mass is 15.0. The Hall–Kier alpha value is -0.0400. The van der Waals surface area contributed by atoms with E-state index in [1.165, 1.54) is 32.2 Å². The molecule has 17 heavy (non-hydrogen) atoms. The van der Waals surface area contributed by atoms with E-state index in [0.717, 1.165) is 29.2 Å². The standard InChI is InChI=1S/C16H27N/c1-2-4-13(3-1)16(11-17-15-7-8-15)10-12-5-6-14(16)9-12/h12-15,17H,1-11H2. The summed E-state index contributed by atoms with van der Waals surface area (Å²) in [6, 6.07) is 0.910. The summed E-state index contributed by atoms with van der Waals surface area (Å²) in [6.45, 7) is 1.38. The van der Waals surface area contributed by atoms with Crippen LogP contribution in [0.25, 0.3) is 0 Å². The van der Waals surface area contributed by atoms with Crippen LogP contribution in [0.15, 0.2) is 0 Å². The number of hydrogen-bond acceptors (Lipinski definition) is 1. The highest BCUT2D eigenvalue weighted by Gasteiger charge is 2.54. The summed E-state index contributed by atoms with van der Waals surface area (Å²) in [5, 5.41) is 3.90. The van der Waals surface area contributed by atoms with Gasteiger partial charge in [0, 0.05) is 12.6 Å². The lowest BCUT2D eigenvalue weighted by molar-refractivity contribution is 0.0751. The first-order valence-electron chi connectivity index (χ1n) is 8.10. The molecule has 0 aromatic rings. The highest BCUT2D eigenvalue weighted by Crippen LogP contribution is 2.61. The van der Waals surface area contributed by atoms with Gasteiger partial charge in [-0.1, -0.05) is 19.3 Å². The number of nitrogens with one attached hydrogen (secondary N) is 1. The molecule has 3 atom stereocenters. The fourth-order valence-corrected chi connectivity index (χ4v) is 5.47. The van der Waals surface area contributed by atoms with Crippen LogP contribution < -0.4 is 5.32 Å². The van der Waals surface area contributed by atoms with E-state index in [2.05, 4.69) is 5.32 Å². The fourth-order valence-electron chi connectivity index (χ4n) is 5.47. The van der Waals surface area contributed by atoms with Crippen molar-refractivity contribution in [3.8, 4) is 0 Å². The predicted molar refractivity (Wildman–Crippen MR) is 70.9 cm³/mol. The van der Waals surface area contributed by atoms with E-state index in [1.54, 1.807) is 38.5 Å². The third-order valence-electron chi connectivity index (χ3n) is 6.49. The van der Waals surface area contributed by atoms with Gasteiger partial charge in [0.1, 0.15) is 0 Å². The summed E-state index contributed by atoms with van der Waals surface area (Å²) in [5.74, 6) is 3.30. The predicted octanol–water partition coefficient (Wildman–Crippen LogP) is 3.74. The maximum Gasteiger partial charge on any atom is 0.00684 e. The Bertz CT molecular complexity index is 290. The minimum Gasteiger partial charge on any atom is -0.313 e. The van der Waals surface area contributed by atoms with Crippen LogP contribution in [0.1, 0.15) is 64.2 Å². The number of hydrogen-bond donors (Lipinski definition) is 1. The van der Waals surface area contributed by atoms with Crippen molar-refractivity contribution in [3.63, 3.8) is 0 Å². The molecule has 0 saturated heterocycles. The quantitative estimate of drug-likeness (QED) is 0.780. The van der Waals surface area contributed by atoms with Gasteiger partial charge in [-0.05, 0) is 68.1 Å². The number of fused-ring (bicyclic) bond motifs is 2. The Morgan fingerprint density at radius 2 is 1.71 bits per heavy atom. The Labute approximate surface area is 106 Å². The van der Waals surface area contributed by atoms with Gasteiger partial charge in [-0.15, -0.1) is 0 Å². The van der Waals surface area contributed by atoms with Crippen LogP contribution in [0.5, 0.6) is 0 Å². The Morgan fingerprint density at radius 3 is 2.29 bits per heavy atom. The molecule has 1 nitrogen and oxygen atoms in total. The Kier molecular flexibility index (Phi) is 2.54. The van der Waals surface area contributed by atoms with E-state index in [-0.39, 0.29) is 0 Å². The van der Waals surface area contributed by atoms with Gasteiger partial charge in [0.25, 0.3) is 0 Å². The lowest BCUT2D eigenvalue weighted by Crippen LogP contribution is -2.44. The lowest BCUT2D eigenvalue weighted by atomic mass is 9.64. The zero-order valence-corrected chi connectivity index (χ0v) is 11.1. The second kappa shape index (κ2) is 3.98. The second-order valence-corrected chi connectivity index (χ2v) is 7.45. The maximum atomic E-state index is 3.90. The topological polar surface area (TPSA) is 12.0 Å². The van der Waals surface area contributed by atoms with E-state index < -0.39 is 0 Å². The molecule has 0 spiro atoms. The first-order valence-corrected chi connectivity index (χ1v) is 8.10. The van der Waals surface area contributed by atoms with E-state index in [9.17, 15) is 0 Å². The van der Waals surface area contributed by atoms with Crippen molar-refractivity contribution in [2.75, 3.05) is 6.54 Å². The van der Waals surface area contributed by atoms with Crippen molar-refractivity contribution in [1.29, 1.82) is 0 Å². The molecule has 0 aromatic carbocycles. The van der Waals surface area contributed by atoms with Crippen molar-refractivity contribution in [2.45, 2.75) is 70.3 Å². The average molecular weight is 233 g/mol. The van der Waals surface area contributed by atoms with Crippen molar-refractivity contribution >= 4 is 0 Å². The second-order valence-electron chi connectivity index (χ2n) is 7.45. The van der Waals surface area contributed by atoms with Gasteiger partial charge in [-0.3, -0.25) is 0 Å². The Morgan fingerprint density at radius 1 is 0.882 bits per heavy atom. The van der Waals surface area contributed by atoms with Crippen molar-refractivity contribution in [1.82, 2.24) is 5.32 Å². The molecule has 2 bridgehead atoms. The van der Waals surface area contributed by atoms with Gasteiger partial charge >= 0.3 is 0 Å². The molecule has 96 valence electrons. The van der Waals surface area contributed by atoms with Gasteiger partial charge in [-0.2, -0.15) is 0 Å². The summed E-state index contributed by atoms with van der Waals surface area (Å²) in [7, 11) is 0. The summed E-state index contributed by atoms with van der Waals surface area (Å²) in [6.07, 6.45) is 15.3. The molecule has 3 unspecified atom stereocenters. The molecular weight excluding hydrogens is 206 g/mol. The molecule has 4 aliphatic rings. The molecule has 4 aliphatic carbocycles. The van der Waals surface area contributed by atoms with E-state index in [0.29, 0.717) is 0 Å². The molecular formula is C16H27N. The summed E-state index contributed by atoms with van der Waals surface area (Å²) in [5.41, 5.74) is 0.752. The molecule has 1 N–H and O–H groups in total. The zero-order valence-electron chi connectivity index (χ0n) is 11.1. The van der Waals surface area contributed by atoms with Gasteiger partial charge in [0.05, 0.1) is 0 Å². The highest BCUT2D eigenvalue weighted by molar-refractivity contribution is 5.06. The zero-order chi connectivity index (χ0) is 11.3. The SMILES string of the molecule is C1CCC(C2(CNC3CC3)CC3CCC2C3)C1. The van der Waals surface area contributed by atoms with Crippen LogP contribution in [-0.4, -0.2) is 12.6 Å². The van der Waals surface area contributed by atoms with Gasteiger partial charge in [0.2, 0.25) is 0 Å². The van der Waals surface area contributed by atoms with Crippen molar-refractivity contribution in [2.24, 2.45) is 23.2 Å². The van der Waals surface area contributed by atoms with E-state index in [4.69, 9.17) is 0 Å². The molecule has 0 aromatic heterocycles. The van der Waals surface area contributed by atoms with E-state index >= 15 is 0 Å². The summed E-state index contributed by atoms with van der Waals surface area (Å²) in [4.78, 5) is 0. The summed E-state index contributed by atoms with van der Waals surface area (Å²) < 4.78 is 0. The van der Waals surface area contributed by atoms with Crippen molar-refractivity contribution in [3.05, 3.63) is 0 Å². The van der Waals surface area contributed by atoms with E-state index in [1.807, 2.05) is 0 Å². The largest absolute Gasteiger partial charge is 0.313 e. The molecule has 4 saturated carbocycles. The van der Waals surface area contributed by atoms with Crippen LogP contribution in [0, 0.1) is 23.2 Å². The average Bonchev–Trinajstić information content (AvgIpc) is 2.83. The normalized spacial score (nSPS) is 45.9. The molecule has 1 heteroatoms. The van der Waals surface area contributed by atoms with Crippen LogP contribution in [0.2, 0.25) is 0 Å². The van der Waals surface area contributed by atoms with Gasteiger partial charge in [0.15, 0.2) is 0 Å². The maximum absolute atomic E-state index is 3.90. The monoisotopic (exact) mass is 233 g/mol. The van der Waals surface area contributed by atoms with Crippen LogP contribution in [0.3, 0.4) is 0 Å². The molecule has 4 fully saturated rings. The first-order chi connectivity index (χ1) is 8.37. The Balaban J connectivity index is 1.53. The summed E-state index contributed by atoms with van der Waals surface area (Å²) >= 11 is 0. The molecule has 0 heterocycles. The molecule has 4 rings (SSSR count). The first kappa shape index (κ1) is 10.8. The van der Waals surface area contributed by atoms with Crippen molar-refractivity contribution < 1.29 is 0 Å². The molecule has 0 radical (unpaired) electrons. The third kappa shape index (κ3) is 1.77.